The van der Waals surface area contributed by atoms with Crippen molar-refractivity contribution in [3.05, 3.63) is 65.7 Å². The molecule has 0 aliphatic carbocycles. The SMILES string of the molecule is Cc1ccc(NC[C@@H](NC(=O)[C@@H](CC(=O)N2CCOCC2)c2ccccc2)C(C)C)cc1. The van der Waals surface area contributed by atoms with Gasteiger partial charge in [-0.1, -0.05) is 61.9 Å². The van der Waals surface area contributed by atoms with Gasteiger partial charge >= 0.3 is 0 Å². The van der Waals surface area contributed by atoms with Crippen molar-refractivity contribution in [2.75, 3.05) is 38.2 Å². The van der Waals surface area contributed by atoms with Gasteiger partial charge < -0.3 is 20.3 Å². The van der Waals surface area contributed by atoms with E-state index in [4.69, 9.17) is 4.74 Å². The number of nitrogens with one attached hydrogen (secondary N) is 2. The molecule has 6 nitrogen and oxygen atoms in total. The third-order valence-electron chi connectivity index (χ3n) is 5.97. The van der Waals surface area contributed by atoms with Gasteiger partial charge in [-0.2, -0.15) is 0 Å². The summed E-state index contributed by atoms with van der Waals surface area (Å²) in [5, 5.41) is 6.63. The van der Waals surface area contributed by atoms with Gasteiger partial charge in [0.25, 0.3) is 0 Å². The summed E-state index contributed by atoms with van der Waals surface area (Å²) >= 11 is 0. The number of hydrogen-bond acceptors (Lipinski definition) is 4. The molecule has 0 unspecified atom stereocenters. The number of carbonyl (C=O) groups excluding carboxylic acids is 2. The lowest BCUT2D eigenvalue weighted by Crippen LogP contribution is -2.47. The predicted octanol–water partition coefficient (Wildman–Crippen LogP) is 3.58. The molecule has 172 valence electrons. The van der Waals surface area contributed by atoms with Crippen molar-refractivity contribution >= 4 is 17.5 Å². The minimum absolute atomic E-state index is 0.00354. The van der Waals surface area contributed by atoms with Gasteiger partial charge in [0.05, 0.1) is 19.1 Å². The Bertz CT molecular complexity index is 862. The zero-order chi connectivity index (χ0) is 22.9. The van der Waals surface area contributed by atoms with E-state index >= 15 is 0 Å². The second kappa shape index (κ2) is 11.7. The van der Waals surface area contributed by atoms with Crippen LogP contribution in [0.1, 0.15) is 37.3 Å². The van der Waals surface area contributed by atoms with Gasteiger partial charge in [0, 0.05) is 37.8 Å². The molecule has 3 rings (SSSR count). The van der Waals surface area contributed by atoms with Crippen LogP contribution in [-0.4, -0.2) is 55.6 Å². The molecule has 0 radical (unpaired) electrons. The third-order valence-corrected chi connectivity index (χ3v) is 5.97. The Morgan fingerprint density at radius 1 is 1.00 bits per heavy atom. The van der Waals surface area contributed by atoms with Crippen LogP contribution in [0.2, 0.25) is 0 Å². The Kier molecular flexibility index (Phi) is 8.68. The fourth-order valence-electron chi connectivity index (χ4n) is 3.80. The normalized spacial score (nSPS) is 15.8. The Hall–Kier alpha value is -2.86. The number of hydrogen-bond donors (Lipinski definition) is 2. The van der Waals surface area contributed by atoms with Crippen LogP contribution in [-0.2, 0) is 14.3 Å². The standard InChI is InChI=1S/C26H35N3O3/c1-19(2)24(18-27-22-11-9-20(3)10-12-22)28-26(31)23(21-7-5-4-6-8-21)17-25(30)29-13-15-32-16-14-29/h4-12,19,23-24,27H,13-18H2,1-3H3,(H,28,31)/t23-,24+/m0/s1. The molecule has 1 aliphatic rings. The van der Waals surface area contributed by atoms with E-state index in [-0.39, 0.29) is 30.2 Å². The van der Waals surface area contributed by atoms with Gasteiger partial charge in [0.2, 0.25) is 11.8 Å². The molecule has 2 atom stereocenters. The summed E-state index contributed by atoms with van der Waals surface area (Å²) in [4.78, 5) is 28.1. The summed E-state index contributed by atoms with van der Waals surface area (Å²) in [6.07, 6.45) is 0.159. The molecular formula is C26H35N3O3. The summed E-state index contributed by atoms with van der Waals surface area (Å²) in [6.45, 7) is 9.13. The Balaban J connectivity index is 1.68. The first-order chi connectivity index (χ1) is 15.4. The van der Waals surface area contributed by atoms with Crippen LogP contribution in [0.3, 0.4) is 0 Å². The molecule has 0 spiro atoms. The maximum absolute atomic E-state index is 13.4. The Morgan fingerprint density at radius 3 is 2.28 bits per heavy atom. The highest BCUT2D eigenvalue weighted by Gasteiger charge is 2.29. The number of benzene rings is 2. The minimum Gasteiger partial charge on any atom is -0.383 e. The van der Waals surface area contributed by atoms with Gasteiger partial charge in [-0.15, -0.1) is 0 Å². The van der Waals surface area contributed by atoms with E-state index in [0.29, 0.717) is 32.8 Å². The molecule has 2 N–H and O–H groups in total. The smallest absolute Gasteiger partial charge is 0.228 e. The highest BCUT2D eigenvalue weighted by molar-refractivity contribution is 5.90. The maximum atomic E-state index is 13.4. The molecule has 2 aromatic carbocycles. The molecule has 1 aliphatic heterocycles. The fraction of sp³-hybridized carbons (Fsp3) is 0.462. The number of amides is 2. The molecule has 1 saturated heterocycles. The minimum atomic E-state index is -0.521. The third kappa shape index (κ3) is 6.82. The molecule has 1 fully saturated rings. The van der Waals surface area contributed by atoms with Crippen LogP contribution < -0.4 is 10.6 Å². The first kappa shape index (κ1) is 23.8. The molecule has 0 saturated carbocycles. The van der Waals surface area contributed by atoms with Crippen LogP contribution in [0.5, 0.6) is 0 Å². The molecule has 2 aromatic rings. The summed E-state index contributed by atoms with van der Waals surface area (Å²) in [5.41, 5.74) is 3.10. The molecule has 1 heterocycles. The largest absolute Gasteiger partial charge is 0.383 e. The Labute approximate surface area is 191 Å². The van der Waals surface area contributed by atoms with Crippen LogP contribution in [0.25, 0.3) is 0 Å². The zero-order valence-corrected chi connectivity index (χ0v) is 19.3. The summed E-state index contributed by atoms with van der Waals surface area (Å²) in [6, 6.07) is 17.7. The van der Waals surface area contributed by atoms with E-state index in [1.54, 1.807) is 4.90 Å². The number of ether oxygens (including phenoxy) is 1. The number of nitrogens with zero attached hydrogens (tertiary/aromatic N) is 1. The van der Waals surface area contributed by atoms with Crippen molar-refractivity contribution in [2.24, 2.45) is 5.92 Å². The van der Waals surface area contributed by atoms with E-state index in [2.05, 4.69) is 43.5 Å². The van der Waals surface area contributed by atoms with Gasteiger partial charge in [0.15, 0.2) is 0 Å². The fourth-order valence-corrected chi connectivity index (χ4v) is 3.80. The van der Waals surface area contributed by atoms with E-state index in [9.17, 15) is 9.59 Å². The van der Waals surface area contributed by atoms with E-state index in [0.717, 1.165) is 11.3 Å². The summed E-state index contributed by atoms with van der Waals surface area (Å²) in [5.74, 6) is -0.395. The van der Waals surface area contributed by atoms with Crippen LogP contribution in [0, 0.1) is 12.8 Å². The molecule has 0 bridgehead atoms. The number of rotatable bonds is 9. The monoisotopic (exact) mass is 437 g/mol. The number of aryl methyl sites for hydroxylation is 1. The Morgan fingerprint density at radius 2 is 1.66 bits per heavy atom. The van der Waals surface area contributed by atoms with Crippen molar-refractivity contribution in [3.63, 3.8) is 0 Å². The number of morpholine rings is 1. The zero-order valence-electron chi connectivity index (χ0n) is 19.3. The number of anilines is 1. The van der Waals surface area contributed by atoms with Crippen molar-refractivity contribution in [1.29, 1.82) is 0 Å². The highest BCUT2D eigenvalue weighted by Crippen LogP contribution is 2.22. The average molecular weight is 438 g/mol. The van der Waals surface area contributed by atoms with Crippen molar-refractivity contribution in [2.45, 2.75) is 39.2 Å². The van der Waals surface area contributed by atoms with Crippen molar-refractivity contribution < 1.29 is 14.3 Å². The molecule has 0 aromatic heterocycles. The van der Waals surface area contributed by atoms with Crippen LogP contribution in [0.4, 0.5) is 5.69 Å². The average Bonchev–Trinajstić information content (AvgIpc) is 2.82. The molecular weight excluding hydrogens is 402 g/mol. The van der Waals surface area contributed by atoms with E-state index in [1.807, 2.05) is 42.5 Å². The molecule has 6 heteroatoms. The number of carbonyl (C=O) groups is 2. The van der Waals surface area contributed by atoms with Crippen molar-refractivity contribution in [1.82, 2.24) is 10.2 Å². The highest BCUT2D eigenvalue weighted by atomic mass is 16.5. The lowest BCUT2D eigenvalue weighted by atomic mass is 9.93. The van der Waals surface area contributed by atoms with Crippen LogP contribution in [0.15, 0.2) is 54.6 Å². The summed E-state index contributed by atoms with van der Waals surface area (Å²) < 4.78 is 5.36. The first-order valence-corrected chi connectivity index (χ1v) is 11.5. The second-order valence-corrected chi connectivity index (χ2v) is 8.77. The van der Waals surface area contributed by atoms with E-state index in [1.165, 1.54) is 5.56 Å². The topological polar surface area (TPSA) is 70.7 Å². The first-order valence-electron chi connectivity index (χ1n) is 11.5. The molecule has 2 amide bonds. The van der Waals surface area contributed by atoms with Crippen LogP contribution >= 0.6 is 0 Å². The maximum Gasteiger partial charge on any atom is 0.228 e. The van der Waals surface area contributed by atoms with Gasteiger partial charge in [-0.05, 0) is 30.5 Å². The van der Waals surface area contributed by atoms with Gasteiger partial charge in [0.1, 0.15) is 0 Å². The summed E-state index contributed by atoms with van der Waals surface area (Å²) in [7, 11) is 0. The lowest BCUT2D eigenvalue weighted by molar-refractivity contribution is -0.138. The quantitative estimate of drug-likeness (QED) is 0.629. The van der Waals surface area contributed by atoms with Gasteiger partial charge in [-0.3, -0.25) is 9.59 Å². The van der Waals surface area contributed by atoms with Gasteiger partial charge in [-0.25, -0.2) is 0 Å². The van der Waals surface area contributed by atoms with E-state index < -0.39 is 5.92 Å². The predicted molar refractivity (Wildman–Crippen MR) is 128 cm³/mol. The second-order valence-electron chi connectivity index (χ2n) is 8.77. The molecule has 32 heavy (non-hydrogen) atoms. The van der Waals surface area contributed by atoms with Crippen molar-refractivity contribution in [3.8, 4) is 0 Å². The lowest BCUT2D eigenvalue weighted by Gasteiger charge is -2.30.